The fourth-order valence-electron chi connectivity index (χ4n) is 2.66. The molecular weight excluding hydrogens is 395 g/mol. The Labute approximate surface area is 161 Å². The molecule has 1 atom stereocenters. The lowest BCUT2D eigenvalue weighted by Crippen LogP contribution is -2.31. The molecule has 28 heavy (non-hydrogen) atoms. The van der Waals surface area contributed by atoms with Crippen LogP contribution in [0.25, 0.3) is 11.0 Å². The Balaban J connectivity index is 1.64. The molecule has 1 aromatic carbocycles. The second kappa shape index (κ2) is 8.01. The Hall–Kier alpha value is -2.88. The van der Waals surface area contributed by atoms with E-state index in [1.54, 1.807) is 19.1 Å². The van der Waals surface area contributed by atoms with Gasteiger partial charge in [-0.05, 0) is 30.5 Å². The number of thiophene rings is 1. The van der Waals surface area contributed by atoms with Crippen LogP contribution in [0.2, 0.25) is 0 Å². The minimum Gasteiger partial charge on any atom is -0.454 e. The second-order valence-corrected chi connectivity index (χ2v) is 6.95. The summed E-state index contributed by atoms with van der Waals surface area (Å²) >= 11 is 1.47. The number of hydrogen-bond acceptors (Lipinski definition) is 5. The SMILES string of the molecule is C[C@H](NC(=O)COC(=O)Cn1c(C(F)(F)F)nc2ccccc21)c1cccs1. The molecule has 1 N–H and O–H groups in total. The van der Waals surface area contributed by atoms with Crippen LogP contribution in [0, 0.1) is 0 Å². The first kappa shape index (κ1) is 19.9. The topological polar surface area (TPSA) is 73.2 Å². The number of fused-ring (bicyclic) bond motifs is 1. The maximum Gasteiger partial charge on any atom is 0.449 e. The summed E-state index contributed by atoms with van der Waals surface area (Å²) in [6.07, 6.45) is -4.73. The summed E-state index contributed by atoms with van der Waals surface area (Å²) in [4.78, 5) is 28.4. The van der Waals surface area contributed by atoms with Gasteiger partial charge in [-0.25, -0.2) is 4.98 Å². The second-order valence-electron chi connectivity index (χ2n) is 5.97. The van der Waals surface area contributed by atoms with Crippen molar-refractivity contribution < 1.29 is 27.5 Å². The number of carbonyl (C=O) groups excluding carboxylic acids is 2. The average molecular weight is 411 g/mol. The molecule has 0 bridgehead atoms. The molecule has 0 fully saturated rings. The van der Waals surface area contributed by atoms with Gasteiger partial charge in [-0.15, -0.1) is 11.3 Å². The highest BCUT2D eigenvalue weighted by Gasteiger charge is 2.38. The minimum absolute atomic E-state index is 0.116. The predicted octanol–water partition coefficient (Wildman–Crippen LogP) is 3.54. The number of benzene rings is 1. The van der Waals surface area contributed by atoms with E-state index < -0.39 is 37.0 Å². The van der Waals surface area contributed by atoms with Crippen LogP contribution in [0.1, 0.15) is 23.7 Å². The van der Waals surface area contributed by atoms with Gasteiger partial charge in [-0.1, -0.05) is 18.2 Å². The van der Waals surface area contributed by atoms with Gasteiger partial charge in [-0.3, -0.25) is 9.59 Å². The van der Waals surface area contributed by atoms with Crippen molar-refractivity contribution in [2.75, 3.05) is 6.61 Å². The van der Waals surface area contributed by atoms with Gasteiger partial charge in [0.2, 0.25) is 5.82 Å². The number of para-hydroxylation sites is 2. The van der Waals surface area contributed by atoms with E-state index in [0.29, 0.717) is 0 Å². The molecule has 0 radical (unpaired) electrons. The number of aromatic nitrogens is 2. The lowest BCUT2D eigenvalue weighted by Gasteiger charge is -2.13. The van der Waals surface area contributed by atoms with E-state index in [2.05, 4.69) is 10.3 Å². The minimum atomic E-state index is -4.73. The van der Waals surface area contributed by atoms with E-state index in [4.69, 9.17) is 4.74 Å². The molecular formula is C18H16F3N3O3S. The molecule has 3 aromatic rings. The lowest BCUT2D eigenvalue weighted by molar-refractivity contribution is -0.153. The molecule has 6 nitrogen and oxygen atoms in total. The summed E-state index contributed by atoms with van der Waals surface area (Å²) in [5.74, 6) is -2.70. The summed E-state index contributed by atoms with van der Waals surface area (Å²) in [6, 6.07) is 9.39. The molecule has 2 aromatic heterocycles. The van der Waals surface area contributed by atoms with E-state index in [0.717, 1.165) is 9.44 Å². The van der Waals surface area contributed by atoms with Gasteiger partial charge in [0.25, 0.3) is 5.91 Å². The first-order valence-corrected chi connectivity index (χ1v) is 9.14. The molecule has 3 rings (SSSR count). The third-order valence-corrected chi connectivity index (χ3v) is 4.96. The quantitative estimate of drug-likeness (QED) is 0.630. The van der Waals surface area contributed by atoms with E-state index in [1.807, 2.05) is 17.5 Å². The average Bonchev–Trinajstić information content (AvgIpc) is 3.28. The molecule has 0 unspecified atom stereocenters. The normalized spacial score (nSPS) is 12.7. The van der Waals surface area contributed by atoms with Crippen molar-refractivity contribution in [3.63, 3.8) is 0 Å². The first-order valence-electron chi connectivity index (χ1n) is 8.26. The molecule has 2 heterocycles. The zero-order chi connectivity index (χ0) is 20.3. The van der Waals surface area contributed by atoms with Crippen LogP contribution in [0.4, 0.5) is 13.2 Å². The molecule has 0 aliphatic rings. The van der Waals surface area contributed by atoms with E-state index in [-0.39, 0.29) is 17.1 Å². The first-order chi connectivity index (χ1) is 13.3. The zero-order valence-electron chi connectivity index (χ0n) is 14.7. The molecule has 0 aliphatic heterocycles. The third kappa shape index (κ3) is 4.50. The number of halogens is 3. The Kier molecular flexibility index (Phi) is 5.68. The van der Waals surface area contributed by atoms with E-state index in [9.17, 15) is 22.8 Å². The van der Waals surface area contributed by atoms with Crippen LogP contribution in [-0.2, 0) is 27.0 Å². The number of esters is 1. The van der Waals surface area contributed by atoms with Crippen LogP contribution in [0.15, 0.2) is 41.8 Å². The van der Waals surface area contributed by atoms with Crippen LogP contribution in [-0.4, -0.2) is 28.0 Å². The molecule has 1 amide bonds. The zero-order valence-corrected chi connectivity index (χ0v) is 15.5. The van der Waals surface area contributed by atoms with Crippen molar-refractivity contribution in [1.29, 1.82) is 0 Å². The van der Waals surface area contributed by atoms with Gasteiger partial charge in [0, 0.05) is 4.88 Å². The number of hydrogen-bond donors (Lipinski definition) is 1. The Bertz CT molecular complexity index is 983. The molecule has 10 heteroatoms. The standard InChI is InChI=1S/C18H16F3N3O3S/c1-11(14-7-4-8-28-14)22-15(25)10-27-16(26)9-24-13-6-3-2-5-12(13)23-17(24)18(19,20)21/h2-8,11H,9-10H2,1H3,(H,22,25)/t11-/m0/s1. The summed E-state index contributed by atoms with van der Waals surface area (Å²) in [7, 11) is 0. The number of imidazole rings is 1. The summed E-state index contributed by atoms with van der Waals surface area (Å²) in [5.41, 5.74) is 0.271. The van der Waals surface area contributed by atoms with Crippen molar-refractivity contribution >= 4 is 34.2 Å². The van der Waals surface area contributed by atoms with Gasteiger partial charge in [-0.2, -0.15) is 13.2 Å². The summed E-state index contributed by atoms with van der Waals surface area (Å²) in [6.45, 7) is 0.491. The van der Waals surface area contributed by atoms with Gasteiger partial charge in [0.05, 0.1) is 17.1 Å². The monoisotopic (exact) mass is 411 g/mol. The molecule has 0 aliphatic carbocycles. The number of amides is 1. The van der Waals surface area contributed by atoms with Crippen LogP contribution >= 0.6 is 11.3 Å². The van der Waals surface area contributed by atoms with Crippen molar-refractivity contribution in [3.05, 3.63) is 52.5 Å². The van der Waals surface area contributed by atoms with Crippen LogP contribution in [0.5, 0.6) is 0 Å². The van der Waals surface area contributed by atoms with Crippen molar-refractivity contribution in [2.45, 2.75) is 25.7 Å². The number of nitrogens with one attached hydrogen (secondary N) is 1. The number of alkyl halides is 3. The summed E-state index contributed by atoms with van der Waals surface area (Å²) in [5, 5.41) is 4.52. The Morgan fingerprint density at radius 3 is 2.68 bits per heavy atom. The Morgan fingerprint density at radius 1 is 1.25 bits per heavy atom. The van der Waals surface area contributed by atoms with E-state index in [1.165, 1.54) is 23.5 Å². The highest BCUT2D eigenvalue weighted by Crippen LogP contribution is 2.31. The lowest BCUT2D eigenvalue weighted by atomic mass is 10.3. The number of rotatable bonds is 6. The Morgan fingerprint density at radius 2 is 2.00 bits per heavy atom. The number of ether oxygens (including phenoxy) is 1. The van der Waals surface area contributed by atoms with Crippen molar-refractivity contribution in [3.8, 4) is 0 Å². The van der Waals surface area contributed by atoms with Crippen molar-refractivity contribution in [1.82, 2.24) is 14.9 Å². The third-order valence-electron chi connectivity index (χ3n) is 3.91. The van der Waals surface area contributed by atoms with Crippen molar-refractivity contribution in [2.24, 2.45) is 0 Å². The van der Waals surface area contributed by atoms with Gasteiger partial charge >= 0.3 is 12.1 Å². The van der Waals surface area contributed by atoms with Gasteiger partial charge in [0.15, 0.2) is 6.61 Å². The fourth-order valence-corrected chi connectivity index (χ4v) is 3.40. The number of carbonyl (C=O) groups is 2. The molecule has 0 saturated carbocycles. The van der Waals surface area contributed by atoms with Crippen LogP contribution in [0.3, 0.4) is 0 Å². The smallest absolute Gasteiger partial charge is 0.449 e. The maximum absolute atomic E-state index is 13.2. The maximum atomic E-state index is 13.2. The van der Waals surface area contributed by atoms with Crippen LogP contribution < -0.4 is 5.32 Å². The largest absolute Gasteiger partial charge is 0.454 e. The predicted molar refractivity (Wildman–Crippen MR) is 96.6 cm³/mol. The number of nitrogens with zero attached hydrogens (tertiary/aromatic N) is 2. The molecule has 148 valence electrons. The highest BCUT2D eigenvalue weighted by atomic mass is 32.1. The van der Waals surface area contributed by atoms with Gasteiger partial charge in [0.1, 0.15) is 6.54 Å². The summed E-state index contributed by atoms with van der Waals surface area (Å²) < 4.78 is 45.3. The molecule has 0 spiro atoms. The van der Waals surface area contributed by atoms with Gasteiger partial charge < -0.3 is 14.6 Å². The molecule has 0 saturated heterocycles. The highest BCUT2D eigenvalue weighted by molar-refractivity contribution is 7.10. The fraction of sp³-hybridized carbons (Fsp3) is 0.278. The van der Waals surface area contributed by atoms with E-state index >= 15 is 0 Å².